The van der Waals surface area contributed by atoms with Crippen LogP contribution in [0.25, 0.3) is 0 Å². The van der Waals surface area contributed by atoms with E-state index in [0.717, 1.165) is 18.2 Å². The Hall–Kier alpha value is -1.84. The van der Waals surface area contributed by atoms with Gasteiger partial charge in [-0.05, 0) is 18.2 Å². The highest BCUT2D eigenvalue weighted by molar-refractivity contribution is 5.99. The number of benzene rings is 1. The maximum Gasteiger partial charge on any atom is 0.416 e. The fourth-order valence-electron chi connectivity index (χ4n) is 1.69. The number of hydrogen-bond acceptors (Lipinski definition) is 4. The number of halogens is 4. The molecule has 0 aliphatic heterocycles. The molecule has 24 heavy (non-hydrogen) atoms. The standard InChI is InChI=1S/C14H18F3N3O3.ClH/c1-9(21)19-11-4-3-10(14(15,16)17)7-12(11)20-13(22)8-18-5-6-23-2;/h3-4,7,18H,5-6,8H2,1-2H3,(H,19,21)(H,20,22);1H. The molecule has 0 spiro atoms. The van der Waals surface area contributed by atoms with Crippen LogP contribution in [-0.2, 0) is 20.5 Å². The summed E-state index contributed by atoms with van der Waals surface area (Å²) in [6, 6.07) is 2.70. The smallest absolute Gasteiger partial charge is 0.383 e. The molecule has 0 saturated carbocycles. The average molecular weight is 370 g/mol. The van der Waals surface area contributed by atoms with E-state index in [4.69, 9.17) is 4.74 Å². The highest BCUT2D eigenvalue weighted by Gasteiger charge is 2.31. The molecule has 136 valence electrons. The molecule has 1 rings (SSSR count). The van der Waals surface area contributed by atoms with Gasteiger partial charge in [-0.3, -0.25) is 9.59 Å². The molecule has 0 unspecified atom stereocenters. The van der Waals surface area contributed by atoms with E-state index < -0.39 is 23.6 Å². The van der Waals surface area contributed by atoms with Crippen LogP contribution in [0.1, 0.15) is 12.5 Å². The van der Waals surface area contributed by atoms with Crippen molar-refractivity contribution in [2.24, 2.45) is 0 Å². The van der Waals surface area contributed by atoms with Crippen molar-refractivity contribution in [1.29, 1.82) is 0 Å². The quantitative estimate of drug-likeness (QED) is 0.644. The molecule has 0 aromatic heterocycles. The monoisotopic (exact) mass is 369 g/mol. The van der Waals surface area contributed by atoms with Crippen LogP contribution in [0.15, 0.2) is 18.2 Å². The summed E-state index contributed by atoms with van der Waals surface area (Å²) in [5.74, 6) is -0.995. The lowest BCUT2D eigenvalue weighted by atomic mass is 10.1. The Labute approximate surface area is 143 Å². The third-order valence-corrected chi connectivity index (χ3v) is 2.70. The lowest BCUT2D eigenvalue weighted by Crippen LogP contribution is -2.30. The van der Waals surface area contributed by atoms with E-state index in [9.17, 15) is 22.8 Å². The van der Waals surface area contributed by atoms with Crippen molar-refractivity contribution in [1.82, 2.24) is 5.32 Å². The van der Waals surface area contributed by atoms with Gasteiger partial charge in [0.25, 0.3) is 0 Å². The molecule has 0 heterocycles. The third kappa shape index (κ3) is 7.62. The topological polar surface area (TPSA) is 79.5 Å². The molecule has 2 amide bonds. The third-order valence-electron chi connectivity index (χ3n) is 2.70. The van der Waals surface area contributed by atoms with Gasteiger partial charge in [0.15, 0.2) is 0 Å². The largest absolute Gasteiger partial charge is 0.416 e. The van der Waals surface area contributed by atoms with Crippen LogP contribution in [0.4, 0.5) is 24.5 Å². The van der Waals surface area contributed by atoms with Crippen LogP contribution in [0, 0.1) is 0 Å². The van der Waals surface area contributed by atoms with Crippen LogP contribution in [0.5, 0.6) is 0 Å². The second kappa shape index (κ2) is 10.1. The van der Waals surface area contributed by atoms with Crippen LogP contribution < -0.4 is 16.0 Å². The first-order valence-corrected chi connectivity index (χ1v) is 6.72. The summed E-state index contributed by atoms with van der Waals surface area (Å²) in [6.07, 6.45) is -4.55. The number of ether oxygens (including phenoxy) is 1. The second-order valence-electron chi connectivity index (χ2n) is 4.66. The Morgan fingerprint density at radius 1 is 1.17 bits per heavy atom. The van der Waals surface area contributed by atoms with Crippen molar-refractivity contribution in [2.75, 3.05) is 37.4 Å². The molecular formula is C14H19ClF3N3O3. The number of alkyl halides is 3. The van der Waals surface area contributed by atoms with Gasteiger partial charge in [0.1, 0.15) is 0 Å². The van der Waals surface area contributed by atoms with Gasteiger partial charge in [0, 0.05) is 20.6 Å². The summed E-state index contributed by atoms with van der Waals surface area (Å²) in [6.45, 7) is 1.94. The minimum absolute atomic E-state index is 0. The molecule has 0 atom stereocenters. The van der Waals surface area contributed by atoms with Crippen molar-refractivity contribution in [2.45, 2.75) is 13.1 Å². The number of amides is 2. The molecule has 6 nitrogen and oxygen atoms in total. The minimum Gasteiger partial charge on any atom is -0.383 e. The number of methoxy groups -OCH3 is 1. The average Bonchev–Trinajstić information content (AvgIpc) is 2.44. The van der Waals surface area contributed by atoms with Gasteiger partial charge < -0.3 is 20.7 Å². The van der Waals surface area contributed by atoms with Crippen LogP contribution in [0.3, 0.4) is 0 Å². The zero-order valence-electron chi connectivity index (χ0n) is 13.1. The summed E-state index contributed by atoms with van der Waals surface area (Å²) in [7, 11) is 1.50. The van der Waals surface area contributed by atoms with E-state index in [2.05, 4.69) is 16.0 Å². The first-order chi connectivity index (χ1) is 10.7. The number of carbonyl (C=O) groups excluding carboxylic acids is 2. The lowest BCUT2D eigenvalue weighted by Gasteiger charge is -2.15. The van der Waals surface area contributed by atoms with E-state index >= 15 is 0 Å². The van der Waals surface area contributed by atoms with E-state index in [0.29, 0.717) is 13.2 Å². The number of rotatable bonds is 7. The normalized spacial score (nSPS) is 10.7. The zero-order valence-corrected chi connectivity index (χ0v) is 13.9. The molecule has 0 aliphatic carbocycles. The summed E-state index contributed by atoms with van der Waals surface area (Å²) in [5, 5.41) is 7.49. The van der Waals surface area contributed by atoms with Crippen molar-refractivity contribution in [3.63, 3.8) is 0 Å². The van der Waals surface area contributed by atoms with Gasteiger partial charge in [-0.1, -0.05) is 0 Å². The fraction of sp³-hybridized carbons (Fsp3) is 0.429. The number of nitrogens with one attached hydrogen (secondary N) is 3. The Morgan fingerprint density at radius 3 is 2.38 bits per heavy atom. The molecule has 3 N–H and O–H groups in total. The van der Waals surface area contributed by atoms with E-state index in [1.54, 1.807) is 0 Å². The Kier molecular flexibility index (Phi) is 9.34. The maximum absolute atomic E-state index is 12.8. The highest BCUT2D eigenvalue weighted by Crippen LogP contribution is 2.34. The maximum atomic E-state index is 12.8. The summed E-state index contributed by atoms with van der Waals surface area (Å²) in [5.41, 5.74) is -0.946. The fourth-order valence-corrected chi connectivity index (χ4v) is 1.69. The van der Waals surface area contributed by atoms with E-state index in [1.165, 1.54) is 14.0 Å². The predicted molar refractivity (Wildman–Crippen MR) is 86.4 cm³/mol. The molecule has 1 aromatic carbocycles. The summed E-state index contributed by atoms with van der Waals surface area (Å²) >= 11 is 0. The number of hydrogen-bond donors (Lipinski definition) is 3. The summed E-state index contributed by atoms with van der Waals surface area (Å²) in [4.78, 5) is 22.9. The van der Waals surface area contributed by atoms with Gasteiger partial charge in [-0.2, -0.15) is 13.2 Å². The van der Waals surface area contributed by atoms with Gasteiger partial charge >= 0.3 is 6.18 Å². The molecule has 0 saturated heterocycles. The Morgan fingerprint density at radius 2 is 1.83 bits per heavy atom. The Bertz CT molecular complexity index is 568. The first-order valence-electron chi connectivity index (χ1n) is 6.72. The second-order valence-corrected chi connectivity index (χ2v) is 4.66. The first kappa shape index (κ1) is 22.2. The number of anilines is 2. The van der Waals surface area contributed by atoms with Crippen molar-refractivity contribution in [3.05, 3.63) is 23.8 Å². The highest BCUT2D eigenvalue weighted by atomic mass is 35.5. The van der Waals surface area contributed by atoms with Gasteiger partial charge in [0.2, 0.25) is 11.8 Å². The van der Waals surface area contributed by atoms with Crippen molar-refractivity contribution < 1.29 is 27.5 Å². The van der Waals surface area contributed by atoms with Crippen molar-refractivity contribution >= 4 is 35.6 Å². The summed E-state index contributed by atoms with van der Waals surface area (Å²) < 4.78 is 43.1. The van der Waals surface area contributed by atoms with E-state index in [1.807, 2.05) is 0 Å². The molecule has 1 aromatic rings. The molecule has 0 aliphatic rings. The lowest BCUT2D eigenvalue weighted by molar-refractivity contribution is -0.137. The zero-order chi connectivity index (χ0) is 17.5. The predicted octanol–water partition coefficient (Wildman–Crippen LogP) is 2.26. The minimum atomic E-state index is -4.55. The Balaban J connectivity index is 0.00000529. The molecule has 0 fully saturated rings. The van der Waals surface area contributed by atoms with Crippen LogP contribution in [0.2, 0.25) is 0 Å². The van der Waals surface area contributed by atoms with Gasteiger partial charge in [-0.15, -0.1) is 12.4 Å². The molecule has 0 bridgehead atoms. The SMILES string of the molecule is COCCNCC(=O)Nc1cc(C(F)(F)F)ccc1NC(C)=O.Cl. The van der Waals surface area contributed by atoms with Gasteiger partial charge in [-0.25, -0.2) is 0 Å². The number of carbonyl (C=O) groups is 2. The van der Waals surface area contributed by atoms with Crippen LogP contribution in [-0.4, -0.2) is 38.6 Å². The molecule has 0 radical (unpaired) electrons. The van der Waals surface area contributed by atoms with Gasteiger partial charge in [0.05, 0.1) is 30.1 Å². The van der Waals surface area contributed by atoms with E-state index in [-0.39, 0.29) is 30.3 Å². The molecule has 10 heteroatoms. The molecular weight excluding hydrogens is 351 g/mol. The van der Waals surface area contributed by atoms with Crippen molar-refractivity contribution in [3.8, 4) is 0 Å². The van der Waals surface area contributed by atoms with Crippen LogP contribution >= 0.6 is 12.4 Å².